The van der Waals surface area contributed by atoms with E-state index in [9.17, 15) is 4.79 Å². The zero-order valence-electron chi connectivity index (χ0n) is 8.62. The molecule has 2 nitrogen and oxygen atoms in total. The van der Waals surface area contributed by atoms with Crippen molar-refractivity contribution in [3.8, 4) is 0 Å². The summed E-state index contributed by atoms with van der Waals surface area (Å²) in [5.41, 5.74) is 0. The van der Waals surface area contributed by atoms with Gasteiger partial charge in [0.1, 0.15) is 0 Å². The van der Waals surface area contributed by atoms with Gasteiger partial charge in [0.2, 0.25) is 0 Å². The van der Waals surface area contributed by atoms with E-state index in [1.807, 2.05) is 6.08 Å². The summed E-state index contributed by atoms with van der Waals surface area (Å²) in [6.07, 6.45) is 5.26. The maximum atomic E-state index is 10.8. The van der Waals surface area contributed by atoms with Crippen molar-refractivity contribution in [2.75, 3.05) is 0 Å². The Morgan fingerprint density at radius 1 is 1.54 bits per heavy atom. The number of allylic oxidation sites excluding steroid dienone is 1. The number of hydrogen-bond acceptors (Lipinski definition) is 1. The van der Waals surface area contributed by atoms with Crippen molar-refractivity contribution < 1.29 is 9.90 Å². The molecule has 0 bridgehead atoms. The van der Waals surface area contributed by atoms with Crippen molar-refractivity contribution in [1.82, 2.24) is 0 Å². The van der Waals surface area contributed by atoms with Crippen LogP contribution in [0.25, 0.3) is 0 Å². The molecule has 0 unspecified atom stereocenters. The molecule has 0 aromatic heterocycles. The summed E-state index contributed by atoms with van der Waals surface area (Å²) in [7, 11) is 0. The Hall–Kier alpha value is -0.790. The average Bonchev–Trinajstić information content (AvgIpc) is 2.02. The topological polar surface area (TPSA) is 37.3 Å². The lowest BCUT2D eigenvalue weighted by Gasteiger charge is -2.13. The van der Waals surface area contributed by atoms with Gasteiger partial charge in [-0.25, -0.2) is 0 Å². The van der Waals surface area contributed by atoms with Gasteiger partial charge in [-0.1, -0.05) is 19.9 Å². The van der Waals surface area contributed by atoms with Crippen LogP contribution in [0.2, 0.25) is 0 Å². The van der Waals surface area contributed by atoms with Crippen molar-refractivity contribution in [3.05, 3.63) is 12.7 Å². The van der Waals surface area contributed by atoms with Gasteiger partial charge >= 0.3 is 5.97 Å². The number of carboxylic acids is 1. The third kappa shape index (κ3) is 6.38. The molecule has 0 saturated heterocycles. The first-order valence-electron chi connectivity index (χ1n) is 4.91. The van der Waals surface area contributed by atoms with Crippen LogP contribution in [0.5, 0.6) is 0 Å². The lowest BCUT2D eigenvalue weighted by molar-refractivity contribution is -0.142. The molecule has 1 N–H and O–H groups in total. The minimum Gasteiger partial charge on any atom is -0.481 e. The molecule has 0 amide bonds. The van der Waals surface area contributed by atoms with E-state index in [2.05, 4.69) is 20.4 Å². The Morgan fingerprint density at radius 2 is 2.15 bits per heavy atom. The van der Waals surface area contributed by atoms with Crippen LogP contribution in [-0.4, -0.2) is 11.1 Å². The number of aliphatic carboxylic acids is 1. The summed E-state index contributed by atoms with van der Waals surface area (Å²) >= 11 is 0. The van der Waals surface area contributed by atoms with Gasteiger partial charge in [0.15, 0.2) is 0 Å². The molecule has 0 fully saturated rings. The Balaban J connectivity index is 3.80. The number of hydrogen-bond donors (Lipinski definition) is 1. The van der Waals surface area contributed by atoms with Crippen LogP contribution in [0, 0.1) is 11.8 Å². The zero-order chi connectivity index (χ0) is 10.3. The highest BCUT2D eigenvalue weighted by atomic mass is 16.4. The molecule has 0 spiro atoms. The number of carbonyl (C=O) groups is 1. The largest absolute Gasteiger partial charge is 0.481 e. The normalized spacial score (nSPS) is 12.8. The molecule has 0 rings (SSSR count). The first-order chi connectivity index (χ1) is 6.07. The second kappa shape index (κ2) is 6.70. The molecule has 0 aliphatic rings. The molecule has 1 atom stereocenters. The average molecular weight is 184 g/mol. The van der Waals surface area contributed by atoms with Gasteiger partial charge in [-0.2, -0.15) is 0 Å². The molecule has 76 valence electrons. The maximum absolute atomic E-state index is 10.8. The van der Waals surface area contributed by atoms with Crippen LogP contribution >= 0.6 is 0 Å². The molecule has 0 saturated carbocycles. The van der Waals surface area contributed by atoms with Crippen molar-refractivity contribution in [2.24, 2.45) is 11.8 Å². The van der Waals surface area contributed by atoms with E-state index in [1.54, 1.807) is 0 Å². The zero-order valence-corrected chi connectivity index (χ0v) is 8.62. The molecular formula is C11H20O2. The Bertz CT molecular complexity index is 161. The second-order valence-electron chi connectivity index (χ2n) is 3.88. The Morgan fingerprint density at radius 3 is 2.54 bits per heavy atom. The van der Waals surface area contributed by atoms with Crippen LogP contribution in [0.4, 0.5) is 0 Å². The standard InChI is InChI=1S/C11H20O2/c1-4-5-6-7-10(11(12)13)8-9(2)3/h4,9-10H,1,5-8H2,2-3H3,(H,12,13)/t10-/m0/s1. The third-order valence-electron chi connectivity index (χ3n) is 2.07. The summed E-state index contributed by atoms with van der Waals surface area (Å²) in [5.74, 6) is -0.359. The fraction of sp³-hybridized carbons (Fsp3) is 0.727. The summed E-state index contributed by atoms with van der Waals surface area (Å²) in [5, 5.41) is 8.90. The first-order valence-corrected chi connectivity index (χ1v) is 4.91. The summed E-state index contributed by atoms with van der Waals surface area (Å²) in [6.45, 7) is 7.73. The van der Waals surface area contributed by atoms with Crippen molar-refractivity contribution in [3.63, 3.8) is 0 Å². The molecule has 0 aromatic carbocycles. The molecule has 0 aliphatic heterocycles. The monoisotopic (exact) mass is 184 g/mol. The Kier molecular flexibility index (Phi) is 6.29. The number of rotatable bonds is 7. The summed E-state index contributed by atoms with van der Waals surface area (Å²) in [4.78, 5) is 10.8. The molecule has 0 aliphatic carbocycles. The van der Waals surface area contributed by atoms with Crippen molar-refractivity contribution >= 4 is 5.97 Å². The van der Waals surface area contributed by atoms with Gasteiger partial charge in [-0.05, 0) is 31.6 Å². The van der Waals surface area contributed by atoms with E-state index in [0.29, 0.717) is 5.92 Å². The minimum atomic E-state index is -0.655. The van der Waals surface area contributed by atoms with E-state index in [1.165, 1.54) is 0 Å². The third-order valence-corrected chi connectivity index (χ3v) is 2.07. The van der Waals surface area contributed by atoms with Crippen molar-refractivity contribution in [2.45, 2.75) is 39.5 Å². The molecule has 0 aromatic rings. The number of carboxylic acid groups (broad SMARTS) is 1. The molecule has 0 radical (unpaired) electrons. The van der Waals surface area contributed by atoms with Gasteiger partial charge in [0, 0.05) is 0 Å². The lowest BCUT2D eigenvalue weighted by Crippen LogP contribution is -2.15. The Labute approximate surface area is 80.7 Å². The number of unbranched alkanes of at least 4 members (excludes halogenated alkanes) is 1. The molecule has 0 heterocycles. The highest BCUT2D eigenvalue weighted by molar-refractivity contribution is 5.69. The molecule has 2 heteroatoms. The predicted molar refractivity (Wildman–Crippen MR) is 54.6 cm³/mol. The van der Waals surface area contributed by atoms with Crippen LogP contribution < -0.4 is 0 Å². The maximum Gasteiger partial charge on any atom is 0.306 e. The predicted octanol–water partition coefficient (Wildman–Crippen LogP) is 3.09. The lowest BCUT2D eigenvalue weighted by atomic mass is 9.92. The van der Waals surface area contributed by atoms with E-state index in [0.717, 1.165) is 25.7 Å². The van der Waals surface area contributed by atoms with Gasteiger partial charge in [-0.3, -0.25) is 4.79 Å². The second-order valence-corrected chi connectivity index (χ2v) is 3.88. The fourth-order valence-electron chi connectivity index (χ4n) is 1.42. The van der Waals surface area contributed by atoms with Crippen LogP contribution in [-0.2, 0) is 4.79 Å². The highest BCUT2D eigenvalue weighted by Crippen LogP contribution is 2.18. The van der Waals surface area contributed by atoms with E-state index in [-0.39, 0.29) is 5.92 Å². The van der Waals surface area contributed by atoms with Crippen LogP contribution in [0.15, 0.2) is 12.7 Å². The van der Waals surface area contributed by atoms with Crippen LogP contribution in [0.1, 0.15) is 39.5 Å². The molecular weight excluding hydrogens is 164 g/mol. The van der Waals surface area contributed by atoms with Gasteiger partial charge < -0.3 is 5.11 Å². The van der Waals surface area contributed by atoms with Crippen molar-refractivity contribution in [1.29, 1.82) is 0 Å². The smallest absolute Gasteiger partial charge is 0.306 e. The SMILES string of the molecule is C=CCCC[C@@H](CC(C)C)C(=O)O. The summed E-state index contributed by atoms with van der Waals surface area (Å²) in [6, 6.07) is 0. The highest BCUT2D eigenvalue weighted by Gasteiger charge is 2.17. The van der Waals surface area contributed by atoms with E-state index in [4.69, 9.17) is 5.11 Å². The fourth-order valence-corrected chi connectivity index (χ4v) is 1.42. The van der Waals surface area contributed by atoms with E-state index < -0.39 is 5.97 Å². The molecule has 13 heavy (non-hydrogen) atoms. The van der Waals surface area contributed by atoms with E-state index >= 15 is 0 Å². The first kappa shape index (κ1) is 12.2. The van der Waals surface area contributed by atoms with Gasteiger partial charge in [0.25, 0.3) is 0 Å². The minimum absolute atomic E-state index is 0.167. The van der Waals surface area contributed by atoms with Gasteiger partial charge in [0.05, 0.1) is 5.92 Å². The van der Waals surface area contributed by atoms with Gasteiger partial charge in [-0.15, -0.1) is 6.58 Å². The quantitative estimate of drug-likeness (QED) is 0.487. The summed E-state index contributed by atoms with van der Waals surface area (Å²) < 4.78 is 0. The van der Waals surface area contributed by atoms with Crippen LogP contribution in [0.3, 0.4) is 0 Å².